The number of nitrogens with zero attached hydrogens (tertiary/aromatic N) is 1. The fourth-order valence-corrected chi connectivity index (χ4v) is 3.09. The Morgan fingerprint density at radius 2 is 2.09 bits per heavy atom. The molecule has 1 aromatic carbocycles. The molecule has 118 valence electrons. The van der Waals surface area contributed by atoms with Crippen molar-refractivity contribution in [3.8, 4) is 5.75 Å². The first kappa shape index (κ1) is 15.1. The average molecular weight is 301 g/mol. The molecule has 0 spiro atoms. The minimum Gasteiger partial charge on any atom is -0.497 e. The van der Waals surface area contributed by atoms with Gasteiger partial charge in [-0.3, -0.25) is 9.69 Å². The summed E-state index contributed by atoms with van der Waals surface area (Å²) in [7, 11) is 3.67. The zero-order chi connectivity index (χ0) is 15.5. The van der Waals surface area contributed by atoms with E-state index in [0.29, 0.717) is 12.6 Å². The third-order valence-corrected chi connectivity index (χ3v) is 4.52. The summed E-state index contributed by atoms with van der Waals surface area (Å²) < 4.78 is 5.26. The van der Waals surface area contributed by atoms with Crippen LogP contribution in [0.5, 0.6) is 5.75 Å². The monoisotopic (exact) mass is 301 g/mol. The number of piperidine rings is 1. The highest BCUT2D eigenvalue weighted by molar-refractivity contribution is 5.80. The number of rotatable bonds is 4. The van der Waals surface area contributed by atoms with Crippen molar-refractivity contribution in [3.05, 3.63) is 40.2 Å². The van der Waals surface area contributed by atoms with E-state index in [0.717, 1.165) is 48.1 Å². The predicted molar refractivity (Wildman–Crippen MR) is 88.5 cm³/mol. The molecule has 2 heterocycles. The second-order valence-electron chi connectivity index (χ2n) is 5.92. The molecule has 0 bridgehead atoms. The summed E-state index contributed by atoms with van der Waals surface area (Å²) in [4.78, 5) is 17.6. The topological polar surface area (TPSA) is 57.4 Å². The third kappa shape index (κ3) is 3.15. The maximum atomic E-state index is 12.3. The maximum Gasteiger partial charge on any atom is 0.252 e. The number of ether oxygens (including phenoxy) is 1. The summed E-state index contributed by atoms with van der Waals surface area (Å²) in [5.41, 5.74) is 1.68. The Morgan fingerprint density at radius 3 is 2.77 bits per heavy atom. The minimum atomic E-state index is 0.00778. The van der Waals surface area contributed by atoms with Crippen LogP contribution in [0, 0.1) is 0 Å². The molecule has 1 fully saturated rings. The Bertz CT molecular complexity index is 703. The van der Waals surface area contributed by atoms with Gasteiger partial charge >= 0.3 is 0 Å². The lowest BCUT2D eigenvalue weighted by Crippen LogP contribution is -2.41. The highest BCUT2D eigenvalue weighted by atomic mass is 16.5. The van der Waals surface area contributed by atoms with Crippen LogP contribution in [-0.4, -0.2) is 43.2 Å². The third-order valence-electron chi connectivity index (χ3n) is 4.52. The number of aromatic nitrogens is 1. The maximum absolute atomic E-state index is 12.3. The molecule has 22 heavy (non-hydrogen) atoms. The molecule has 1 aliphatic heterocycles. The zero-order valence-electron chi connectivity index (χ0n) is 13.2. The van der Waals surface area contributed by atoms with Crippen LogP contribution in [0.15, 0.2) is 29.1 Å². The van der Waals surface area contributed by atoms with Gasteiger partial charge in [-0.25, -0.2) is 0 Å². The molecule has 0 radical (unpaired) electrons. The zero-order valence-corrected chi connectivity index (χ0v) is 13.2. The molecule has 0 amide bonds. The Labute approximate surface area is 130 Å². The van der Waals surface area contributed by atoms with Crippen LogP contribution in [0.4, 0.5) is 0 Å². The first-order chi connectivity index (χ1) is 10.7. The number of benzene rings is 1. The molecule has 0 aliphatic carbocycles. The molecule has 1 aliphatic rings. The van der Waals surface area contributed by atoms with Gasteiger partial charge in [0, 0.05) is 29.1 Å². The van der Waals surface area contributed by atoms with Crippen molar-refractivity contribution in [1.29, 1.82) is 0 Å². The Kier molecular flexibility index (Phi) is 4.45. The molecule has 1 aromatic heterocycles. The fourth-order valence-electron chi connectivity index (χ4n) is 3.09. The first-order valence-electron chi connectivity index (χ1n) is 7.79. The van der Waals surface area contributed by atoms with Crippen LogP contribution < -0.4 is 15.6 Å². The van der Waals surface area contributed by atoms with E-state index in [1.165, 1.54) is 0 Å². The van der Waals surface area contributed by atoms with Gasteiger partial charge in [0.25, 0.3) is 5.56 Å². The van der Waals surface area contributed by atoms with Crippen molar-refractivity contribution < 1.29 is 4.74 Å². The number of likely N-dealkylation sites (tertiary alicyclic amines) is 1. The van der Waals surface area contributed by atoms with E-state index in [1.54, 1.807) is 7.11 Å². The average Bonchev–Trinajstić information content (AvgIpc) is 2.56. The van der Waals surface area contributed by atoms with E-state index in [-0.39, 0.29) is 5.56 Å². The SMILES string of the molecule is CNC1CCN(Cc2cc3cc(OC)ccc3[nH]c2=O)CC1. The highest BCUT2D eigenvalue weighted by Gasteiger charge is 2.18. The standard InChI is InChI=1S/C17H23N3O2/c1-18-14-5-7-20(8-6-14)11-13-9-12-10-15(22-2)3-4-16(12)19-17(13)21/h3-4,9-10,14,18H,5-8,11H2,1-2H3,(H,19,21). The minimum absolute atomic E-state index is 0.00778. The summed E-state index contributed by atoms with van der Waals surface area (Å²) in [6.45, 7) is 2.76. The molecule has 5 nitrogen and oxygen atoms in total. The second-order valence-corrected chi connectivity index (χ2v) is 5.92. The summed E-state index contributed by atoms with van der Waals surface area (Å²) >= 11 is 0. The van der Waals surface area contributed by atoms with Crippen LogP contribution in [0.25, 0.3) is 10.9 Å². The Morgan fingerprint density at radius 1 is 1.32 bits per heavy atom. The van der Waals surface area contributed by atoms with Gasteiger partial charge in [0.15, 0.2) is 0 Å². The van der Waals surface area contributed by atoms with Crippen molar-refractivity contribution in [2.75, 3.05) is 27.2 Å². The smallest absolute Gasteiger partial charge is 0.252 e. The quantitative estimate of drug-likeness (QED) is 0.903. The number of hydrogen-bond acceptors (Lipinski definition) is 4. The molecular formula is C17H23N3O2. The van der Waals surface area contributed by atoms with E-state index in [4.69, 9.17) is 4.74 Å². The lowest BCUT2D eigenvalue weighted by atomic mass is 10.0. The summed E-state index contributed by atoms with van der Waals surface area (Å²) in [5.74, 6) is 0.806. The van der Waals surface area contributed by atoms with Crippen molar-refractivity contribution >= 4 is 10.9 Å². The van der Waals surface area contributed by atoms with Crippen molar-refractivity contribution in [1.82, 2.24) is 15.2 Å². The van der Waals surface area contributed by atoms with Crippen LogP contribution in [-0.2, 0) is 6.54 Å². The molecule has 0 atom stereocenters. The largest absolute Gasteiger partial charge is 0.497 e. The van der Waals surface area contributed by atoms with Gasteiger partial charge in [0.1, 0.15) is 5.75 Å². The van der Waals surface area contributed by atoms with Gasteiger partial charge in [0.2, 0.25) is 0 Å². The molecule has 2 N–H and O–H groups in total. The lowest BCUT2D eigenvalue weighted by Gasteiger charge is -2.31. The molecule has 0 unspecified atom stereocenters. The Balaban J connectivity index is 1.81. The number of aromatic amines is 1. The van der Waals surface area contributed by atoms with Gasteiger partial charge in [-0.15, -0.1) is 0 Å². The van der Waals surface area contributed by atoms with Crippen LogP contribution in [0.2, 0.25) is 0 Å². The molecule has 0 saturated carbocycles. The highest BCUT2D eigenvalue weighted by Crippen LogP contribution is 2.20. The van der Waals surface area contributed by atoms with E-state index < -0.39 is 0 Å². The fraction of sp³-hybridized carbons (Fsp3) is 0.471. The molecule has 3 rings (SSSR count). The van der Waals surface area contributed by atoms with Crippen molar-refractivity contribution in [3.63, 3.8) is 0 Å². The van der Waals surface area contributed by atoms with Crippen molar-refractivity contribution in [2.24, 2.45) is 0 Å². The van der Waals surface area contributed by atoms with E-state index in [1.807, 2.05) is 31.3 Å². The summed E-state index contributed by atoms with van der Waals surface area (Å²) in [6.07, 6.45) is 2.27. The van der Waals surface area contributed by atoms with E-state index in [9.17, 15) is 4.79 Å². The first-order valence-corrected chi connectivity index (χ1v) is 7.79. The lowest BCUT2D eigenvalue weighted by molar-refractivity contribution is 0.194. The molecule has 2 aromatic rings. The molecular weight excluding hydrogens is 278 g/mol. The van der Waals surface area contributed by atoms with Crippen LogP contribution in [0.3, 0.4) is 0 Å². The summed E-state index contributed by atoms with van der Waals surface area (Å²) in [5, 5.41) is 4.34. The van der Waals surface area contributed by atoms with Gasteiger partial charge in [-0.1, -0.05) is 0 Å². The number of nitrogens with one attached hydrogen (secondary N) is 2. The number of pyridine rings is 1. The van der Waals surface area contributed by atoms with Gasteiger partial charge in [-0.2, -0.15) is 0 Å². The van der Waals surface area contributed by atoms with Crippen LogP contribution >= 0.6 is 0 Å². The second kappa shape index (κ2) is 6.50. The molecule has 1 saturated heterocycles. The number of fused-ring (bicyclic) bond motifs is 1. The van der Waals surface area contributed by atoms with Gasteiger partial charge in [0.05, 0.1) is 7.11 Å². The number of H-pyrrole nitrogens is 1. The normalized spacial score (nSPS) is 17.0. The Hall–Kier alpha value is -1.85. The van der Waals surface area contributed by atoms with Crippen LogP contribution in [0.1, 0.15) is 18.4 Å². The number of methoxy groups -OCH3 is 1. The summed E-state index contributed by atoms with van der Waals surface area (Å²) in [6, 6.07) is 8.30. The number of hydrogen-bond donors (Lipinski definition) is 2. The van der Waals surface area contributed by atoms with Gasteiger partial charge in [-0.05, 0) is 57.2 Å². The predicted octanol–water partition coefficient (Wildman–Crippen LogP) is 1.72. The molecule has 5 heteroatoms. The van der Waals surface area contributed by atoms with E-state index in [2.05, 4.69) is 15.2 Å². The van der Waals surface area contributed by atoms with Gasteiger partial charge < -0.3 is 15.0 Å². The van der Waals surface area contributed by atoms with Crippen molar-refractivity contribution in [2.45, 2.75) is 25.4 Å². The van der Waals surface area contributed by atoms with E-state index >= 15 is 0 Å².